The van der Waals surface area contributed by atoms with Gasteiger partial charge in [0.25, 0.3) is 11.8 Å². The molecule has 30 heteroatoms. The van der Waals surface area contributed by atoms with Crippen LogP contribution in [0.5, 0.6) is 11.5 Å². The van der Waals surface area contributed by atoms with Gasteiger partial charge in [-0.1, -0.05) is 79.5 Å². The molecule has 0 bridgehead atoms. The summed E-state index contributed by atoms with van der Waals surface area (Å²) in [7, 11) is 0. The number of ketones is 2. The number of imidazole rings is 2. The van der Waals surface area contributed by atoms with Crippen molar-refractivity contribution in [2.24, 2.45) is 5.73 Å². The van der Waals surface area contributed by atoms with Crippen LogP contribution in [0.3, 0.4) is 0 Å². The number of nitrogens with two attached hydrogens (primary N) is 1. The Kier molecular flexibility index (Phi) is 24.7. The molecule has 5 aromatic rings. The topological polar surface area (TPSA) is 402 Å². The molecule has 2 heterocycles. The van der Waals surface area contributed by atoms with Crippen molar-refractivity contribution in [1.82, 2.24) is 51.8 Å². The molecule has 26 nitrogen and oxygen atoms in total. The van der Waals surface area contributed by atoms with Crippen LogP contribution in [0.15, 0.2) is 91.8 Å². The number of nitrogens with zero attached hydrogens (tertiary/aromatic N) is 2. The first-order valence-electron chi connectivity index (χ1n) is 25.5. The predicted molar refractivity (Wildman–Crippen MR) is 307 cm³/mol. The molecule has 0 aliphatic rings. The maximum absolute atomic E-state index is 13.9. The van der Waals surface area contributed by atoms with Gasteiger partial charge in [0.2, 0.25) is 29.5 Å². The van der Waals surface area contributed by atoms with Crippen molar-refractivity contribution in [2.75, 3.05) is 13.2 Å². The van der Waals surface area contributed by atoms with Crippen molar-refractivity contribution in [1.29, 1.82) is 0 Å². The van der Waals surface area contributed by atoms with Crippen molar-refractivity contribution >= 4 is 111 Å². The molecule has 0 saturated carbocycles. The fourth-order valence-corrected chi connectivity index (χ4v) is 8.72. The smallest absolute Gasteiger partial charge is 0.305 e. The van der Waals surface area contributed by atoms with Crippen LogP contribution in [0.25, 0.3) is 0 Å². The van der Waals surface area contributed by atoms with Gasteiger partial charge in [-0.2, -0.15) is 0 Å². The first-order valence-corrected chi connectivity index (χ1v) is 27.0. The monoisotopic (exact) mass is 1250 g/mol. The number of aliphatic carboxylic acids is 2. The van der Waals surface area contributed by atoms with Crippen LogP contribution in [0.4, 0.5) is 0 Å². The fraction of sp³-hybridized carbons (Fsp3) is 0.291. The number of halogens is 4. The van der Waals surface area contributed by atoms with E-state index in [9.17, 15) is 63.0 Å². The molecule has 12 N–H and O–H groups in total. The zero-order valence-electron chi connectivity index (χ0n) is 45.3. The third kappa shape index (κ3) is 19.5. The van der Waals surface area contributed by atoms with Crippen molar-refractivity contribution in [3.05, 3.63) is 151 Å². The van der Waals surface area contributed by atoms with Crippen LogP contribution in [0.1, 0.15) is 93.1 Å². The number of carboxylic acid groups (broad SMARTS) is 2. The van der Waals surface area contributed by atoms with Crippen molar-refractivity contribution in [3.63, 3.8) is 0 Å². The quantitative estimate of drug-likeness (QED) is 0.0209. The molecule has 2 aromatic heterocycles. The highest BCUT2D eigenvalue weighted by molar-refractivity contribution is 6.46. The number of ether oxygens (including phenoxy) is 2. The van der Waals surface area contributed by atoms with Crippen LogP contribution in [-0.2, 0) is 64.3 Å². The normalized spacial score (nSPS) is 12.2. The highest BCUT2D eigenvalue weighted by Crippen LogP contribution is 2.37. The van der Waals surface area contributed by atoms with Crippen LogP contribution in [-0.4, -0.2) is 132 Å². The molecular weight excluding hydrogens is 1200 g/mol. The second kappa shape index (κ2) is 31.5. The molecule has 85 heavy (non-hydrogen) atoms. The molecule has 5 rings (SSSR count). The molecule has 0 aliphatic heterocycles. The number of carbonyl (C=O) groups excluding carboxylic acids is 9. The maximum Gasteiger partial charge on any atom is 0.305 e. The SMILES string of the molecule is C=C(CC)C(=O)c1ccc(OCC(=O)N[C@@H](CC(=O)O)C(=O)N[C@@H](Cc2cnc[nH]2)C(=O)NCc2cc(CNC(=O)[C@H](Cc3cnc[nH]3)NC(=O)[C@H](CC(=O)O)NC(=O)COc3ccc(C(=O)C(=C)CC)c(Cl)c3Cl)cc(C(N)=O)c2)c(Cl)c1Cl. The Hall–Kier alpha value is -9.11. The molecule has 0 spiro atoms. The molecule has 0 saturated heterocycles. The number of hydrogen-bond acceptors (Lipinski definition) is 15. The van der Waals surface area contributed by atoms with E-state index in [2.05, 4.69) is 65.0 Å². The molecular formula is C55H57Cl4N11O15. The van der Waals surface area contributed by atoms with Gasteiger partial charge in [-0.25, -0.2) is 9.97 Å². The number of amides is 7. The number of Topliss-reactive ketones (excluding diaryl/α,β-unsaturated/α-hetero) is 2. The molecule has 0 aliphatic carbocycles. The second-order valence-corrected chi connectivity index (χ2v) is 20.1. The zero-order chi connectivity index (χ0) is 62.7. The van der Waals surface area contributed by atoms with Crippen LogP contribution in [0.2, 0.25) is 20.1 Å². The van der Waals surface area contributed by atoms with Crippen LogP contribution in [0, 0.1) is 0 Å². The molecule has 0 fully saturated rings. The Bertz CT molecular complexity index is 3180. The number of rotatable bonds is 33. The summed E-state index contributed by atoms with van der Waals surface area (Å²) >= 11 is 25.3. The number of aromatic nitrogens is 4. The van der Waals surface area contributed by atoms with Crippen LogP contribution >= 0.6 is 46.4 Å². The van der Waals surface area contributed by atoms with E-state index in [1.54, 1.807) is 13.8 Å². The van der Waals surface area contributed by atoms with E-state index in [0.717, 1.165) is 0 Å². The molecule has 7 amide bonds. The van der Waals surface area contributed by atoms with Gasteiger partial charge in [0.05, 0.1) is 35.5 Å². The van der Waals surface area contributed by atoms with E-state index in [1.165, 1.54) is 67.5 Å². The third-order valence-electron chi connectivity index (χ3n) is 12.4. The minimum atomic E-state index is -1.76. The lowest BCUT2D eigenvalue weighted by Gasteiger charge is -2.23. The Balaban J connectivity index is 1.26. The van der Waals surface area contributed by atoms with E-state index in [1.807, 2.05) is 0 Å². The Morgan fingerprint density at radius 2 is 0.953 bits per heavy atom. The Labute approximate surface area is 504 Å². The molecule has 450 valence electrons. The number of hydrogen-bond donors (Lipinski definition) is 11. The molecule has 0 unspecified atom stereocenters. The lowest BCUT2D eigenvalue weighted by molar-refractivity contribution is -0.141. The number of allylic oxidation sites excluding steroid dienone is 2. The van der Waals surface area contributed by atoms with Gasteiger partial charge in [-0.15, -0.1) is 0 Å². The zero-order valence-corrected chi connectivity index (χ0v) is 48.4. The number of benzene rings is 3. The number of H-pyrrole nitrogens is 2. The van der Waals surface area contributed by atoms with Gasteiger partial charge in [0, 0.05) is 66.4 Å². The lowest BCUT2D eigenvalue weighted by atomic mass is 10.0. The van der Waals surface area contributed by atoms with Crippen molar-refractivity contribution in [2.45, 2.75) is 89.6 Å². The first kappa shape index (κ1) is 66.7. The standard InChI is InChI=1S/C55H57Cl4N11O15/c1-5-26(3)49(77)33-7-9-39(47(58)45(33)56)84-22-41(71)67-37(16-43(73)74)54(82)69-35(14-31-20-61-24-65-31)52(80)63-18-28-11-29(13-30(12-28)51(60)79)19-64-53(81)36(15-32-21-62-25-66-32)70-55(83)38(17-44(75)76)68-42(72)23-85-40-10-8-34(46(57)48(40)59)50(78)27(4)6-2/h7-13,20-21,24-25,35-38H,3-6,14-19,22-23H2,1-2H3,(H2,60,79)(H,61,65)(H,62,66)(H,63,80)(H,64,81)(H,67,71)(H,68,72)(H,69,82)(H,70,83)(H,73,74)(H,75,76)/t35-,36-,37-,38-/m0/s1. The largest absolute Gasteiger partial charge is 0.482 e. The third-order valence-corrected chi connectivity index (χ3v) is 14.1. The van der Waals surface area contributed by atoms with Gasteiger partial charge < -0.3 is 67.3 Å². The minimum Gasteiger partial charge on any atom is -0.482 e. The molecule has 0 radical (unpaired) electrons. The fourth-order valence-electron chi connectivity index (χ4n) is 7.79. The average molecular weight is 1250 g/mol. The number of nitrogens with one attached hydrogen (secondary N) is 8. The van der Waals surface area contributed by atoms with Crippen LogP contribution < -0.4 is 47.1 Å². The summed E-state index contributed by atoms with van der Waals surface area (Å²) in [5, 5.41) is 33.4. The Morgan fingerprint density at radius 3 is 1.28 bits per heavy atom. The number of primary amides is 1. The highest BCUT2D eigenvalue weighted by Gasteiger charge is 2.32. The minimum absolute atomic E-state index is 0.0458. The first-order chi connectivity index (χ1) is 40.3. The predicted octanol–water partition coefficient (Wildman–Crippen LogP) is 3.91. The number of aromatic amines is 2. The summed E-state index contributed by atoms with van der Waals surface area (Å²) in [6, 6.07) is 2.96. The van der Waals surface area contributed by atoms with E-state index >= 15 is 0 Å². The Morgan fingerprint density at radius 1 is 0.565 bits per heavy atom. The summed E-state index contributed by atoms with van der Waals surface area (Å²) in [6.07, 6.45) is 3.68. The van der Waals surface area contributed by atoms with E-state index < -0.39 is 115 Å². The number of carbonyl (C=O) groups is 11. The molecule has 4 atom stereocenters. The summed E-state index contributed by atoms with van der Waals surface area (Å²) in [5.41, 5.74) is 7.42. The maximum atomic E-state index is 13.9. The van der Waals surface area contributed by atoms with Gasteiger partial charge in [0.15, 0.2) is 24.8 Å². The molecule has 3 aromatic carbocycles. The number of carboxylic acids is 2. The van der Waals surface area contributed by atoms with Crippen molar-refractivity contribution < 1.29 is 72.4 Å². The van der Waals surface area contributed by atoms with Crippen molar-refractivity contribution in [3.8, 4) is 11.5 Å². The van der Waals surface area contributed by atoms with E-state index in [0.29, 0.717) is 24.2 Å². The summed E-state index contributed by atoms with van der Waals surface area (Å²) in [5.74, 6) is -10.9. The summed E-state index contributed by atoms with van der Waals surface area (Å²) < 4.78 is 11.0. The lowest BCUT2D eigenvalue weighted by Crippen LogP contribution is -2.55. The van der Waals surface area contributed by atoms with Gasteiger partial charge in [-0.05, 0) is 71.5 Å². The van der Waals surface area contributed by atoms with Gasteiger partial charge in [0.1, 0.15) is 45.7 Å². The summed E-state index contributed by atoms with van der Waals surface area (Å²) in [6.45, 7) is 8.59. The van der Waals surface area contributed by atoms with Gasteiger partial charge >= 0.3 is 11.9 Å². The average Bonchev–Trinajstić information content (AvgIpc) is 3.90. The van der Waals surface area contributed by atoms with Gasteiger partial charge in [-0.3, -0.25) is 52.7 Å². The van der Waals surface area contributed by atoms with E-state index in [4.69, 9.17) is 61.6 Å². The highest BCUT2D eigenvalue weighted by atomic mass is 35.5. The second-order valence-electron chi connectivity index (χ2n) is 18.6. The summed E-state index contributed by atoms with van der Waals surface area (Å²) in [4.78, 5) is 157. The van der Waals surface area contributed by atoms with E-state index in [-0.39, 0.29) is 96.5 Å².